The van der Waals surface area contributed by atoms with Gasteiger partial charge < -0.3 is 85.3 Å². The minimum absolute atomic E-state index is 0.0252. The number of hydrogen-bond acceptors (Lipinski definition) is 32. The molecule has 6 saturated heterocycles. The van der Waals surface area contributed by atoms with E-state index in [1.807, 2.05) is 172 Å². The molecule has 0 amide bonds. The van der Waals surface area contributed by atoms with Gasteiger partial charge in [0.05, 0.1) is 47.6 Å². The highest BCUT2D eigenvalue weighted by molar-refractivity contribution is 14.2. The van der Waals surface area contributed by atoms with Crippen LogP contribution in [0, 0.1) is 21.4 Å². The summed E-state index contributed by atoms with van der Waals surface area (Å²) in [4.78, 5) is 170. The van der Waals surface area contributed by atoms with Crippen LogP contribution in [0.2, 0.25) is 0 Å². The van der Waals surface area contributed by atoms with Gasteiger partial charge in [-0.25, -0.2) is 57.5 Å². The molecule has 0 aromatic heterocycles. The molecule has 6 saturated carbocycles. The molecule has 768 valence electrons. The Morgan fingerprint density at radius 2 is 0.618 bits per heavy atom. The molecular weight excluding hydrogens is 2610 g/mol. The van der Waals surface area contributed by atoms with Gasteiger partial charge in [-0.05, 0) is 217 Å². The zero-order chi connectivity index (χ0) is 102. The number of hydrogen-bond donors (Lipinski definition) is 0. The topological polar surface area (TPSA) is 405 Å². The Bertz CT molecular complexity index is 6020. The number of carbonyl (C=O) groups is 14. The number of methoxy groups -OCH3 is 4. The molecule has 0 atom stereocenters. The van der Waals surface area contributed by atoms with Crippen LogP contribution in [0.5, 0.6) is 17.2 Å². The van der Waals surface area contributed by atoms with E-state index in [4.69, 9.17) is 80.5 Å². The van der Waals surface area contributed by atoms with Crippen molar-refractivity contribution in [2.75, 3.05) is 35.0 Å². The van der Waals surface area contributed by atoms with E-state index in [1.54, 1.807) is 33.5 Å². The standard InChI is InChI=1S/C24H23IO6.C17H17IO6.2C17H19IO5.C15H14BrIO5.C15H15IO5/c26-20(29-16-18-6-2-1-3-7-18)13-10-17-8-11-19(12-9-17)25-21-22(27)30-24(31-23(21)28)14-4-5-15-24;1-22-13(19)10-11-4-6-12(7-5-11)18-14-15(20)23-17(24-16(14)21)8-2-3-9-17;1-11(2)21-13-8-4-3-7-12(13)18-14-15(19)22-17(23-16(14)20)9-5-6-10-17;1-21-11-8-12-4-6-13(7-5-12)18-14-15(19)22-17(23-16(14)20)9-2-3-10-17;1-20-11-8-9(16)4-5-10(11)17-12-13(18)21-15(22-14(12)19)6-2-3-7-15;1-19-11-6-4-10(5-7-11)16-12-13(17)20-15(21-14(12)18)8-2-3-9-15/h1-3,6-9,11-12H,4-5,10,13-16H2;4-7H,2-3,8-10H2,1H3;3-4,7-8,11H,5-6,9-10H2,1-2H3;4-7H,2-3,8-11H2,1H3;4-5,8H,2-3,6-7H2,1H3;4-7H,2-3,8-9H2,1H3. The first-order valence-electron chi connectivity index (χ1n) is 47.0. The van der Waals surface area contributed by atoms with E-state index in [0.717, 1.165) is 132 Å². The first-order chi connectivity index (χ1) is 69.3. The maximum atomic E-state index is 12.4. The fourth-order valence-corrected chi connectivity index (χ4v) is 29.6. The van der Waals surface area contributed by atoms with E-state index < -0.39 is 231 Å². The highest BCUT2D eigenvalue weighted by Crippen LogP contribution is 2.46. The molecular formula is C105H107BrI6O32. The van der Waals surface area contributed by atoms with E-state index in [1.165, 1.54) is 12.7 Å². The van der Waals surface area contributed by atoms with Crippen molar-refractivity contribution in [1.82, 2.24) is 0 Å². The number of esters is 14. The predicted octanol–water partition coefficient (Wildman–Crippen LogP) is 17.4. The highest BCUT2D eigenvalue weighted by Gasteiger charge is 2.54. The maximum Gasteiger partial charge on any atom is 0.354 e. The second-order valence-electron chi connectivity index (χ2n) is 34.9. The van der Waals surface area contributed by atoms with Crippen LogP contribution in [0.25, 0.3) is 0 Å². The van der Waals surface area contributed by atoms with Crippen molar-refractivity contribution in [3.8, 4) is 17.2 Å². The third-order valence-corrected chi connectivity index (χ3v) is 41.4. The molecule has 0 unspecified atom stereocenters. The van der Waals surface area contributed by atoms with Crippen LogP contribution in [0.15, 0.2) is 174 Å². The van der Waals surface area contributed by atoms with E-state index in [2.05, 4.69) is 20.7 Å². The molecule has 0 bridgehead atoms. The smallest absolute Gasteiger partial charge is 0.354 e. The molecule has 6 aliphatic carbocycles. The molecule has 144 heavy (non-hydrogen) atoms. The zero-order valence-corrected chi connectivity index (χ0v) is 94.2. The minimum Gasteiger partial charge on any atom is -0.497 e. The van der Waals surface area contributed by atoms with Crippen molar-refractivity contribution in [3.05, 3.63) is 218 Å². The fraction of sp³-hybridized carbons (Fsp3) is 0.410. The lowest BCUT2D eigenvalue weighted by molar-refractivity contribution is -0.226. The molecule has 19 rings (SSSR count). The Balaban J connectivity index is 0.000000138. The summed E-state index contributed by atoms with van der Waals surface area (Å²) >= 11 is -2.48. The molecule has 12 fully saturated rings. The number of carbonyl (C=O) groups excluding carboxylic acids is 14. The predicted molar refractivity (Wildman–Crippen MR) is 578 cm³/mol. The van der Waals surface area contributed by atoms with Gasteiger partial charge in [0.2, 0.25) is 0 Å². The van der Waals surface area contributed by atoms with Crippen LogP contribution in [-0.4, -0.2) is 180 Å². The van der Waals surface area contributed by atoms with Crippen molar-refractivity contribution >= 4 is 245 Å². The van der Waals surface area contributed by atoms with Gasteiger partial charge in [0, 0.05) is 109 Å². The van der Waals surface area contributed by atoms with Gasteiger partial charge in [-0.15, -0.1) is 0 Å². The van der Waals surface area contributed by atoms with Crippen molar-refractivity contribution in [2.24, 2.45) is 0 Å². The van der Waals surface area contributed by atoms with Crippen LogP contribution >= 0.6 is 140 Å². The van der Waals surface area contributed by atoms with Gasteiger partial charge in [-0.3, -0.25) is 9.59 Å². The van der Waals surface area contributed by atoms with Crippen molar-refractivity contribution < 1.29 is 152 Å². The van der Waals surface area contributed by atoms with Crippen LogP contribution in [-0.2, 0) is 164 Å². The lowest BCUT2D eigenvalue weighted by Gasteiger charge is -2.32. The Hall–Kier alpha value is -9.44. The molecule has 39 heteroatoms. The van der Waals surface area contributed by atoms with E-state index in [-0.39, 0.29) is 52.1 Å². The summed E-state index contributed by atoms with van der Waals surface area (Å²) in [7, 11) is 6.17. The number of benzene rings is 7. The van der Waals surface area contributed by atoms with Crippen molar-refractivity contribution in [1.29, 1.82) is 0 Å². The Labute approximate surface area is 899 Å². The third-order valence-electron chi connectivity index (χ3n) is 24.0. The Morgan fingerprint density at radius 3 is 0.931 bits per heavy atom. The number of halogens is 7. The highest BCUT2D eigenvalue weighted by atomic mass is 127. The second kappa shape index (κ2) is 51.5. The lowest BCUT2D eigenvalue weighted by Crippen LogP contribution is -2.48. The summed E-state index contributed by atoms with van der Waals surface area (Å²) in [5.74, 6) is -10.7. The van der Waals surface area contributed by atoms with Crippen LogP contribution in [0.4, 0.5) is 0 Å². The SMILES string of the molecule is CC(C)Oc1ccccc1I=C1C(=O)OC2(CCCC2)OC1=O.COC(=O)Cc1ccc(I=C2C(=O)OC3(CCCC3)OC2=O)cc1.COCCc1ccc(I=C2C(=O)OC3(CCCC3)OC2=O)cc1.COc1cc(Br)ccc1I=C1C(=O)OC2(CCCC2)OC1=O.COc1ccc(I=C2C(=O)OC3(CCCC3)OC2=O)cc1.O=C(CCc1ccc(I=C2C(=O)OC3(CCCC3)OC2=O)cc1)OCc1ccccc1. The molecule has 0 N–H and O–H groups in total. The summed E-state index contributed by atoms with van der Waals surface area (Å²) in [6.45, 7) is 4.83. The van der Waals surface area contributed by atoms with Crippen molar-refractivity contribution in [2.45, 2.75) is 241 Å². The number of ether oxygens (including phenoxy) is 18. The van der Waals surface area contributed by atoms with Crippen LogP contribution in [0.3, 0.4) is 0 Å². The first-order valence-corrected chi connectivity index (χ1v) is 60.7. The largest absolute Gasteiger partial charge is 0.497 e. The zero-order valence-electron chi connectivity index (χ0n) is 79.7. The number of aryl methyl sites for hydroxylation is 1. The van der Waals surface area contributed by atoms with Gasteiger partial charge in [0.15, 0.2) is 21.1 Å². The van der Waals surface area contributed by atoms with E-state index in [9.17, 15) is 67.1 Å². The molecule has 0 radical (unpaired) electrons. The van der Waals surface area contributed by atoms with Gasteiger partial charge in [0.25, 0.3) is 34.7 Å². The summed E-state index contributed by atoms with van der Waals surface area (Å²) in [5.41, 5.74) is 3.94. The summed E-state index contributed by atoms with van der Waals surface area (Å²) in [6.07, 6.45) is 20.0. The summed E-state index contributed by atoms with van der Waals surface area (Å²) in [6, 6.07) is 52.7. The van der Waals surface area contributed by atoms with Crippen LogP contribution < -0.4 is 14.2 Å². The van der Waals surface area contributed by atoms with E-state index in [0.29, 0.717) is 108 Å². The van der Waals surface area contributed by atoms with Crippen molar-refractivity contribution in [3.63, 3.8) is 0 Å². The molecule has 7 aromatic carbocycles. The monoisotopic (exact) mass is 2720 g/mol. The van der Waals surface area contributed by atoms with Crippen LogP contribution in [0.1, 0.15) is 197 Å². The quantitative estimate of drug-likeness (QED) is 0.0388. The molecule has 7 aromatic rings. The molecule has 6 heterocycles. The van der Waals surface area contributed by atoms with Gasteiger partial charge in [-0.1, -0.05) is 219 Å². The number of rotatable bonds is 20. The average Bonchev–Trinajstić information content (AvgIpc) is 1.61. The summed E-state index contributed by atoms with van der Waals surface area (Å²) < 4.78 is 104. The molecule has 32 nitrogen and oxygen atoms in total. The van der Waals surface area contributed by atoms with Gasteiger partial charge >= 0.3 is 83.6 Å². The maximum absolute atomic E-state index is 12.4. The fourth-order valence-electron chi connectivity index (χ4n) is 16.8. The lowest BCUT2D eigenvalue weighted by atomic mass is 10.1. The third kappa shape index (κ3) is 30.0. The van der Waals surface area contributed by atoms with Gasteiger partial charge in [0.1, 0.15) is 23.9 Å². The molecule has 6 spiro atoms. The second-order valence-corrected chi connectivity index (χ2v) is 52.8. The summed E-state index contributed by atoms with van der Waals surface area (Å²) in [5, 5.41) is 0. The number of para-hydroxylation sites is 1. The Morgan fingerprint density at radius 1 is 0.319 bits per heavy atom. The van der Waals surface area contributed by atoms with Gasteiger partial charge in [-0.2, -0.15) is 0 Å². The Kier molecular flexibility index (Phi) is 39.4. The van der Waals surface area contributed by atoms with E-state index >= 15 is 0 Å². The normalized spacial score (nSPS) is 19.3. The molecule has 6 aliphatic heterocycles. The first kappa shape index (κ1) is 110. The average molecular weight is 2720 g/mol. The molecule has 12 aliphatic rings. The minimum atomic E-state index is -1.03.